The second-order valence-corrected chi connectivity index (χ2v) is 4.10. The summed E-state index contributed by atoms with van der Waals surface area (Å²) in [6.07, 6.45) is 1.02. The molecule has 1 rings (SSSR count). The molecule has 0 aliphatic rings. The van der Waals surface area contributed by atoms with Crippen molar-refractivity contribution in [3.8, 4) is 11.5 Å². The molecular weight excluding hydrogens is 219 g/mol. The van der Waals surface area contributed by atoms with Crippen molar-refractivity contribution < 1.29 is 19.5 Å². The van der Waals surface area contributed by atoms with Gasteiger partial charge in [-0.15, -0.1) is 0 Å². The summed E-state index contributed by atoms with van der Waals surface area (Å²) < 4.78 is 10.6. The molecule has 1 aromatic rings. The molecule has 0 fully saturated rings. The zero-order valence-electron chi connectivity index (χ0n) is 10.5. The van der Waals surface area contributed by atoms with Crippen molar-refractivity contribution in [2.75, 3.05) is 13.7 Å². The van der Waals surface area contributed by atoms with E-state index in [4.69, 9.17) is 9.47 Å². The zero-order valence-corrected chi connectivity index (χ0v) is 10.5. The molecule has 17 heavy (non-hydrogen) atoms. The van der Waals surface area contributed by atoms with Gasteiger partial charge in [0.05, 0.1) is 13.7 Å². The van der Waals surface area contributed by atoms with Crippen LogP contribution in [0.3, 0.4) is 0 Å². The Hall–Kier alpha value is -1.20. The van der Waals surface area contributed by atoms with Crippen molar-refractivity contribution in [3.63, 3.8) is 0 Å². The third-order valence-electron chi connectivity index (χ3n) is 2.72. The maximum absolute atomic E-state index is 9.27. The van der Waals surface area contributed by atoms with Crippen LogP contribution in [0.5, 0.6) is 11.5 Å². The number of ether oxygens (including phenoxy) is 2. The van der Waals surface area contributed by atoms with Gasteiger partial charge in [-0.25, -0.2) is 0 Å². The highest BCUT2D eigenvalue weighted by Gasteiger charge is 2.18. The fourth-order valence-electron chi connectivity index (χ4n) is 1.34. The van der Waals surface area contributed by atoms with Crippen LogP contribution >= 0.6 is 0 Å². The molecule has 0 spiro atoms. The predicted molar refractivity (Wildman–Crippen MR) is 67.8 cm³/mol. The van der Waals surface area contributed by atoms with Gasteiger partial charge in [-0.3, -0.25) is 0 Å². The lowest BCUT2D eigenvalue weighted by atomic mass is 9.79. The number of methoxy groups -OCH3 is 1. The van der Waals surface area contributed by atoms with Gasteiger partial charge in [0, 0.05) is 5.46 Å². The molecule has 0 amide bonds. The van der Waals surface area contributed by atoms with E-state index in [0.717, 1.165) is 6.42 Å². The fraction of sp³-hybridized carbons (Fsp3) is 0.500. The topological polar surface area (TPSA) is 58.9 Å². The third kappa shape index (κ3) is 3.95. The van der Waals surface area contributed by atoms with Crippen LogP contribution in [0, 0.1) is 5.92 Å². The SMILES string of the molecule is CCC(C)COc1ccc(OC)cc1B(O)O. The van der Waals surface area contributed by atoms with Crippen molar-refractivity contribution >= 4 is 12.6 Å². The maximum Gasteiger partial charge on any atom is 0.492 e. The van der Waals surface area contributed by atoms with Gasteiger partial charge in [0.15, 0.2) is 0 Å². The number of hydrogen-bond donors (Lipinski definition) is 2. The minimum atomic E-state index is -1.56. The van der Waals surface area contributed by atoms with Crippen molar-refractivity contribution in [1.29, 1.82) is 0 Å². The van der Waals surface area contributed by atoms with E-state index in [1.165, 1.54) is 7.11 Å². The minimum Gasteiger partial charge on any atom is -0.497 e. The highest BCUT2D eigenvalue weighted by Crippen LogP contribution is 2.16. The summed E-state index contributed by atoms with van der Waals surface area (Å²) in [4.78, 5) is 0. The Morgan fingerprint density at radius 3 is 2.59 bits per heavy atom. The average molecular weight is 238 g/mol. The molecule has 0 aliphatic heterocycles. The van der Waals surface area contributed by atoms with Crippen LogP contribution in [0.15, 0.2) is 18.2 Å². The highest BCUT2D eigenvalue weighted by molar-refractivity contribution is 6.59. The van der Waals surface area contributed by atoms with Gasteiger partial charge in [0.1, 0.15) is 11.5 Å². The molecule has 0 saturated heterocycles. The first kappa shape index (κ1) is 13.9. The third-order valence-corrected chi connectivity index (χ3v) is 2.72. The highest BCUT2D eigenvalue weighted by atomic mass is 16.5. The summed E-state index contributed by atoms with van der Waals surface area (Å²) in [5, 5.41) is 18.5. The van der Waals surface area contributed by atoms with E-state index in [1.54, 1.807) is 18.2 Å². The first-order chi connectivity index (χ1) is 8.08. The molecule has 1 atom stereocenters. The smallest absolute Gasteiger partial charge is 0.492 e. The quantitative estimate of drug-likeness (QED) is 0.719. The Bertz CT molecular complexity index is 354. The van der Waals surface area contributed by atoms with Crippen LogP contribution < -0.4 is 14.9 Å². The molecule has 4 nitrogen and oxygen atoms in total. The van der Waals surface area contributed by atoms with Gasteiger partial charge in [-0.1, -0.05) is 20.3 Å². The van der Waals surface area contributed by atoms with Crippen molar-refractivity contribution in [2.45, 2.75) is 20.3 Å². The van der Waals surface area contributed by atoms with Crippen molar-refractivity contribution in [1.82, 2.24) is 0 Å². The molecule has 1 aromatic carbocycles. The molecule has 0 bridgehead atoms. The largest absolute Gasteiger partial charge is 0.497 e. The average Bonchev–Trinajstić information content (AvgIpc) is 2.35. The Kier molecular flexibility index (Phi) is 5.32. The lowest BCUT2D eigenvalue weighted by Gasteiger charge is -2.15. The van der Waals surface area contributed by atoms with E-state index in [1.807, 2.05) is 0 Å². The maximum atomic E-state index is 9.27. The van der Waals surface area contributed by atoms with E-state index in [-0.39, 0.29) is 0 Å². The minimum absolute atomic E-state index is 0.327. The summed E-state index contributed by atoms with van der Waals surface area (Å²) in [5.74, 6) is 1.49. The lowest BCUT2D eigenvalue weighted by molar-refractivity contribution is 0.257. The first-order valence-corrected chi connectivity index (χ1v) is 5.75. The lowest BCUT2D eigenvalue weighted by Crippen LogP contribution is -2.32. The number of benzene rings is 1. The summed E-state index contributed by atoms with van der Waals surface area (Å²) in [5.41, 5.74) is 0.327. The first-order valence-electron chi connectivity index (χ1n) is 5.75. The van der Waals surface area contributed by atoms with E-state index in [0.29, 0.717) is 29.5 Å². The van der Waals surface area contributed by atoms with Crippen LogP contribution in [-0.2, 0) is 0 Å². The Morgan fingerprint density at radius 1 is 1.35 bits per heavy atom. The van der Waals surface area contributed by atoms with Gasteiger partial charge in [-0.2, -0.15) is 0 Å². The van der Waals surface area contributed by atoms with Crippen LogP contribution in [-0.4, -0.2) is 30.9 Å². The van der Waals surface area contributed by atoms with Crippen LogP contribution in [0.4, 0.5) is 0 Å². The second kappa shape index (κ2) is 6.52. The zero-order chi connectivity index (χ0) is 12.8. The Morgan fingerprint density at radius 2 is 2.06 bits per heavy atom. The van der Waals surface area contributed by atoms with Crippen molar-refractivity contribution in [2.24, 2.45) is 5.92 Å². The summed E-state index contributed by atoms with van der Waals surface area (Å²) in [7, 11) is -0.0280. The Labute approximate surface area is 102 Å². The van der Waals surface area contributed by atoms with Gasteiger partial charge < -0.3 is 19.5 Å². The second-order valence-electron chi connectivity index (χ2n) is 4.10. The molecular formula is C12H19BO4. The molecule has 0 aromatic heterocycles. The molecule has 0 saturated carbocycles. The van der Waals surface area contributed by atoms with E-state index in [9.17, 15) is 10.0 Å². The molecule has 0 aliphatic carbocycles. The fourth-order valence-corrected chi connectivity index (χ4v) is 1.34. The molecule has 5 heteroatoms. The summed E-state index contributed by atoms with van der Waals surface area (Å²) >= 11 is 0. The molecule has 1 unspecified atom stereocenters. The monoisotopic (exact) mass is 238 g/mol. The summed E-state index contributed by atoms with van der Waals surface area (Å²) in [6.45, 7) is 4.73. The molecule has 94 valence electrons. The predicted octanol–water partition coefficient (Wildman–Crippen LogP) is 0.800. The molecule has 0 radical (unpaired) electrons. The Balaban J connectivity index is 2.83. The summed E-state index contributed by atoms with van der Waals surface area (Å²) in [6, 6.07) is 4.99. The number of hydrogen-bond acceptors (Lipinski definition) is 4. The normalized spacial score (nSPS) is 12.1. The number of rotatable bonds is 6. The van der Waals surface area contributed by atoms with Gasteiger partial charge in [0.2, 0.25) is 0 Å². The van der Waals surface area contributed by atoms with Crippen LogP contribution in [0.2, 0.25) is 0 Å². The standard InChI is InChI=1S/C12H19BO4/c1-4-9(2)8-17-12-6-5-10(16-3)7-11(12)13(14)15/h5-7,9,14-15H,4,8H2,1-3H3. The molecule has 0 heterocycles. The van der Waals surface area contributed by atoms with Crippen LogP contribution in [0.25, 0.3) is 0 Å². The van der Waals surface area contributed by atoms with E-state index >= 15 is 0 Å². The van der Waals surface area contributed by atoms with E-state index in [2.05, 4.69) is 13.8 Å². The van der Waals surface area contributed by atoms with Gasteiger partial charge in [0.25, 0.3) is 0 Å². The van der Waals surface area contributed by atoms with E-state index < -0.39 is 7.12 Å². The molecule has 2 N–H and O–H groups in total. The van der Waals surface area contributed by atoms with Gasteiger partial charge in [-0.05, 0) is 24.1 Å². The van der Waals surface area contributed by atoms with Crippen LogP contribution in [0.1, 0.15) is 20.3 Å². The van der Waals surface area contributed by atoms with Gasteiger partial charge >= 0.3 is 7.12 Å². The van der Waals surface area contributed by atoms with Crippen molar-refractivity contribution in [3.05, 3.63) is 18.2 Å².